The van der Waals surface area contributed by atoms with Crippen LogP contribution < -0.4 is 10.6 Å². The Morgan fingerprint density at radius 1 is 1.35 bits per heavy atom. The smallest absolute Gasteiger partial charge is 0.312 e. The Morgan fingerprint density at radius 2 is 1.95 bits per heavy atom. The molecule has 1 heterocycles. The number of aliphatic carboxylic acids is 1. The van der Waals surface area contributed by atoms with Crippen molar-refractivity contribution in [2.24, 2.45) is 11.1 Å². The summed E-state index contributed by atoms with van der Waals surface area (Å²) in [7, 11) is 0. The predicted octanol–water partition coefficient (Wildman–Crippen LogP) is 1.57. The van der Waals surface area contributed by atoms with Gasteiger partial charge in [-0.2, -0.15) is 0 Å². The van der Waals surface area contributed by atoms with Crippen LogP contribution in [0.2, 0.25) is 0 Å². The highest BCUT2D eigenvalue weighted by molar-refractivity contribution is 6.01. The highest BCUT2D eigenvalue weighted by atomic mass is 16.4. The highest BCUT2D eigenvalue weighted by Crippen LogP contribution is 2.37. The molecule has 2 unspecified atom stereocenters. The van der Waals surface area contributed by atoms with E-state index in [9.17, 15) is 14.7 Å². The number of benzene rings is 1. The second-order valence-electron chi connectivity index (χ2n) is 6.24. The van der Waals surface area contributed by atoms with Crippen molar-refractivity contribution in [3.8, 4) is 0 Å². The average molecular weight is 276 g/mol. The third kappa shape index (κ3) is 2.41. The number of amides is 1. The fraction of sp³-hybridized carbons (Fsp3) is 0.467. The number of rotatable bonds is 2. The van der Waals surface area contributed by atoms with Crippen molar-refractivity contribution in [3.63, 3.8) is 0 Å². The molecule has 5 nitrogen and oxygen atoms in total. The topological polar surface area (TPSA) is 83.6 Å². The van der Waals surface area contributed by atoms with Crippen LogP contribution in [0.3, 0.4) is 0 Å². The lowest BCUT2D eigenvalue weighted by molar-refractivity contribution is -0.138. The van der Waals surface area contributed by atoms with Gasteiger partial charge in [-0.3, -0.25) is 9.59 Å². The molecule has 1 aliphatic rings. The molecule has 0 fully saturated rings. The number of carbonyl (C=O) groups excluding carboxylic acids is 1. The molecule has 0 aliphatic carbocycles. The van der Waals surface area contributed by atoms with E-state index < -0.39 is 17.9 Å². The Labute approximate surface area is 118 Å². The summed E-state index contributed by atoms with van der Waals surface area (Å²) >= 11 is 0. The molecule has 0 saturated heterocycles. The third-order valence-electron chi connectivity index (χ3n) is 3.73. The summed E-state index contributed by atoms with van der Waals surface area (Å²) in [4.78, 5) is 25.4. The number of carboxylic acid groups (broad SMARTS) is 1. The molecular weight excluding hydrogens is 256 g/mol. The number of hydrogen-bond acceptors (Lipinski definition) is 3. The molecule has 0 bridgehead atoms. The molecule has 0 radical (unpaired) electrons. The number of para-hydroxylation sites is 1. The second-order valence-corrected chi connectivity index (χ2v) is 6.24. The Kier molecular flexibility index (Phi) is 3.56. The van der Waals surface area contributed by atoms with Gasteiger partial charge in [-0.25, -0.2) is 0 Å². The van der Waals surface area contributed by atoms with Crippen LogP contribution in [0.4, 0.5) is 5.69 Å². The molecular formula is C15H20N2O3. The molecule has 0 saturated carbocycles. The zero-order valence-electron chi connectivity index (χ0n) is 12.0. The van der Waals surface area contributed by atoms with Gasteiger partial charge in [-0.15, -0.1) is 0 Å². The summed E-state index contributed by atoms with van der Waals surface area (Å²) in [5, 5.41) is 9.29. The standard InChI is InChI=1S/C15H20N2O3/c1-15(2,3)12(16)13(18)17-8-10(14(19)20)9-6-4-5-7-11(9)17/h4-7,10,12H,8,16H2,1-3H3,(H,19,20). The Morgan fingerprint density at radius 3 is 2.50 bits per heavy atom. The van der Waals surface area contributed by atoms with Gasteiger partial charge >= 0.3 is 5.97 Å². The molecule has 5 heteroatoms. The van der Waals surface area contributed by atoms with Gasteiger partial charge in [0, 0.05) is 12.2 Å². The van der Waals surface area contributed by atoms with E-state index in [-0.39, 0.29) is 17.9 Å². The number of carboxylic acids is 1. The van der Waals surface area contributed by atoms with Gasteiger partial charge in [0.05, 0.1) is 6.04 Å². The zero-order valence-corrected chi connectivity index (χ0v) is 12.0. The van der Waals surface area contributed by atoms with Gasteiger partial charge in [-0.1, -0.05) is 39.0 Å². The predicted molar refractivity (Wildman–Crippen MR) is 76.6 cm³/mol. The van der Waals surface area contributed by atoms with Crippen molar-refractivity contribution in [2.45, 2.75) is 32.7 Å². The van der Waals surface area contributed by atoms with E-state index in [0.29, 0.717) is 11.3 Å². The number of nitrogens with zero attached hydrogens (tertiary/aromatic N) is 1. The highest BCUT2D eigenvalue weighted by Gasteiger charge is 2.40. The van der Waals surface area contributed by atoms with Crippen LogP contribution in [-0.4, -0.2) is 29.6 Å². The van der Waals surface area contributed by atoms with Gasteiger partial charge in [0.15, 0.2) is 0 Å². The van der Waals surface area contributed by atoms with Crippen molar-refractivity contribution < 1.29 is 14.7 Å². The van der Waals surface area contributed by atoms with E-state index in [1.165, 1.54) is 4.90 Å². The van der Waals surface area contributed by atoms with Gasteiger partial charge in [-0.05, 0) is 17.0 Å². The Hall–Kier alpha value is -1.88. The summed E-state index contributed by atoms with van der Waals surface area (Å²) in [5.74, 6) is -1.83. The van der Waals surface area contributed by atoms with E-state index in [1.54, 1.807) is 24.3 Å². The summed E-state index contributed by atoms with van der Waals surface area (Å²) in [5.41, 5.74) is 6.98. The van der Waals surface area contributed by atoms with E-state index in [1.807, 2.05) is 20.8 Å². The van der Waals surface area contributed by atoms with Gasteiger partial charge in [0.25, 0.3) is 0 Å². The van der Waals surface area contributed by atoms with Gasteiger partial charge in [0.1, 0.15) is 5.92 Å². The maximum absolute atomic E-state index is 12.5. The van der Waals surface area contributed by atoms with Crippen LogP contribution in [0.15, 0.2) is 24.3 Å². The van der Waals surface area contributed by atoms with Crippen LogP contribution in [-0.2, 0) is 9.59 Å². The largest absolute Gasteiger partial charge is 0.481 e. The zero-order chi connectivity index (χ0) is 15.1. The summed E-state index contributed by atoms with van der Waals surface area (Å²) in [6.07, 6.45) is 0. The minimum absolute atomic E-state index is 0.150. The molecule has 1 aromatic rings. The third-order valence-corrected chi connectivity index (χ3v) is 3.73. The summed E-state index contributed by atoms with van der Waals surface area (Å²) < 4.78 is 0. The van der Waals surface area contributed by atoms with Gasteiger partial charge < -0.3 is 15.7 Å². The summed E-state index contributed by atoms with van der Waals surface area (Å²) in [6.45, 7) is 5.84. The first-order chi connectivity index (χ1) is 9.23. The maximum atomic E-state index is 12.5. The minimum atomic E-state index is -0.919. The Bertz CT molecular complexity index is 548. The lowest BCUT2D eigenvalue weighted by atomic mass is 9.86. The number of nitrogens with two attached hydrogens (primary N) is 1. The first kappa shape index (κ1) is 14.5. The number of anilines is 1. The first-order valence-corrected chi connectivity index (χ1v) is 6.62. The number of fused-ring (bicyclic) bond motifs is 1. The normalized spacial score (nSPS) is 19.6. The Balaban J connectivity index is 2.36. The van der Waals surface area contributed by atoms with E-state index in [4.69, 9.17) is 5.73 Å². The SMILES string of the molecule is CC(C)(C)C(N)C(=O)N1CC(C(=O)O)c2ccccc21. The van der Waals surface area contributed by atoms with Crippen LogP contribution >= 0.6 is 0 Å². The fourth-order valence-corrected chi connectivity index (χ4v) is 2.37. The number of carbonyl (C=O) groups is 2. The monoisotopic (exact) mass is 276 g/mol. The molecule has 0 aromatic heterocycles. The van der Waals surface area contributed by atoms with Crippen molar-refractivity contribution in [3.05, 3.63) is 29.8 Å². The van der Waals surface area contributed by atoms with E-state index >= 15 is 0 Å². The van der Waals surface area contributed by atoms with Crippen LogP contribution in [0.25, 0.3) is 0 Å². The lowest BCUT2D eigenvalue weighted by Gasteiger charge is -2.30. The molecule has 108 valence electrons. The summed E-state index contributed by atoms with van der Waals surface area (Å²) in [6, 6.07) is 6.44. The average Bonchev–Trinajstić information content (AvgIpc) is 2.75. The molecule has 2 rings (SSSR count). The van der Waals surface area contributed by atoms with Crippen molar-refractivity contribution in [1.82, 2.24) is 0 Å². The molecule has 1 amide bonds. The van der Waals surface area contributed by atoms with Crippen molar-refractivity contribution in [2.75, 3.05) is 11.4 Å². The lowest BCUT2D eigenvalue weighted by Crippen LogP contribution is -2.50. The second kappa shape index (κ2) is 4.90. The number of hydrogen-bond donors (Lipinski definition) is 2. The molecule has 20 heavy (non-hydrogen) atoms. The molecule has 0 spiro atoms. The minimum Gasteiger partial charge on any atom is -0.481 e. The fourth-order valence-electron chi connectivity index (χ4n) is 2.37. The maximum Gasteiger partial charge on any atom is 0.312 e. The molecule has 1 aliphatic heterocycles. The van der Waals surface area contributed by atoms with E-state index in [2.05, 4.69) is 0 Å². The molecule has 3 N–H and O–H groups in total. The van der Waals surface area contributed by atoms with Crippen LogP contribution in [0.5, 0.6) is 0 Å². The molecule has 1 aromatic carbocycles. The van der Waals surface area contributed by atoms with Gasteiger partial charge in [0.2, 0.25) is 5.91 Å². The van der Waals surface area contributed by atoms with Crippen LogP contribution in [0, 0.1) is 5.41 Å². The first-order valence-electron chi connectivity index (χ1n) is 6.62. The van der Waals surface area contributed by atoms with E-state index in [0.717, 1.165) is 0 Å². The molecule has 2 atom stereocenters. The van der Waals surface area contributed by atoms with Crippen LogP contribution in [0.1, 0.15) is 32.3 Å². The van der Waals surface area contributed by atoms with Crippen molar-refractivity contribution in [1.29, 1.82) is 0 Å². The van der Waals surface area contributed by atoms with Crippen molar-refractivity contribution >= 4 is 17.6 Å². The quantitative estimate of drug-likeness (QED) is 0.859.